The number of hydrogen-bond donors (Lipinski definition) is 1. The van der Waals surface area contributed by atoms with E-state index in [-0.39, 0.29) is 24.3 Å². The molecule has 0 spiro atoms. The Labute approximate surface area is 135 Å². The van der Waals surface area contributed by atoms with Crippen molar-refractivity contribution in [2.75, 3.05) is 19.0 Å². The quantitative estimate of drug-likeness (QED) is 0.843. The third-order valence-corrected chi connectivity index (χ3v) is 4.24. The summed E-state index contributed by atoms with van der Waals surface area (Å²) in [6, 6.07) is 6.79. The van der Waals surface area contributed by atoms with Crippen molar-refractivity contribution in [1.29, 1.82) is 0 Å². The van der Waals surface area contributed by atoms with Gasteiger partial charge in [0.2, 0.25) is 11.8 Å². The molecule has 1 saturated heterocycles. The van der Waals surface area contributed by atoms with Gasteiger partial charge in [0.25, 0.3) is 0 Å². The van der Waals surface area contributed by atoms with E-state index < -0.39 is 11.9 Å². The van der Waals surface area contributed by atoms with Gasteiger partial charge in [0.15, 0.2) is 0 Å². The van der Waals surface area contributed by atoms with Gasteiger partial charge < -0.3 is 15.0 Å². The molecule has 23 heavy (non-hydrogen) atoms. The highest BCUT2D eigenvalue weighted by atomic mass is 16.5. The lowest BCUT2D eigenvalue weighted by molar-refractivity contribution is -0.129. The van der Waals surface area contributed by atoms with E-state index in [1.165, 1.54) is 7.11 Å². The second-order valence-electron chi connectivity index (χ2n) is 5.73. The Morgan fingerprint density at radius 3 is 2.74 bits per heavy atom. The van der Waals surface area contributed by atoms with Crippen LogP contribution in [0.25, 0.3) is 0 Å². The molecule has 0 aromatic heterocycles. The smallest absolute Gasteiger partial charge is 0.339 e. The highest BCUT2D eigenvalue weighted by Gasteiger charge is 2.36. The molecule has 1 aromatic rings. The highest BCUT2D eigenvalue weighted by Crippen LogP contribution is 2.24. The van der Waals surface area contributed by atoms with E-state index in [1.807, 2.05) is 13.8 Å². The van der Waals surface area contributed by atoms with Crippen LogP contribution >= 0.6 is 0 Å². The number of para-hydroxylation sites is 1. The van der Waals surface area contributed by atoms with Gasteiger partial charge in [-0.2, -0.15) is 0 Å². The average Bonchev–Trinajstić information content (AvgIpc) is 2.96. The van der Waals surface area contributed by atoms with Gasteiger partial charge in [-0.25, -0.2) is 4.79 Å². The van der Waals surface area contributed by atoms with Gasteiger partial charge in [0.05, 0.1) is 24.3 Å². The number of nitrogens with one attached hydrogen (secondary N) is 1. The molecule has 2 atom stereocenters. The van der Waals surface area contributed by atoms with Crippen molar-refractivity contribution < 1.29 is 19.1 Å². The molecule has 1 heterocycles. The van der Waals surface area contributed by atoms with Crippen molar-refractivity contribution in [3.8, 4) is 0 Å². The van der Waals surface area contributed by atoms with Crippen LogP contribution in [-0.4, -0.2) is 42.4 Å². The lowest BCUT2D eigenvalue weighted by Crippen LogP contribution is -2.35. The molecule has 124 valence electrons. The number of esters is 1. The summed E-state index contributed by atoms with van der Waals surface area (Å²) in [6.45, 7) is 4.41. The summed E-state index contributed by atoms with van der Waals surface area (Å²) in [5, 5.41) is 2.75. The van der Waals surface area contributed by atoms with E-state index in [1.54, 1.807) is 29.2 Å². The molecule has 0 saturated carbocycles. The third-order valence-electron chi connectivity index (χ3n) is 4.24. The summed E-state index contributed by atoms with van der Waals surface area (Å²) in [5.41, 5.74) is 0.699. The Hall–Kier alpha value is -2.37. The van der Waals surface area contributed by atoms with E-state index in [4.69, 9.17) is 4.74 Å². The van der Waals surface area contributed by atoms with Crippen LogP contribution in [0.3, 0.4) is 0 Å². The lowest BCUT2D eigenvalue weighted by atomic mass is 10.1. The van der Waals surface area contributed by atoms with Gasteiger partial charge in [0.1, 0.15) is 0 Å². The fourth-order valence-electron chi connectivity index (χ4n) is 2.67. The normalized spacial score (nSPS) is 18.7. The minimum atomic E-state index is -0.510. The summed E-state index contributed by atoms with van der Waals surface area (Å²) in [6.07, 6.45) is 1.06. The molecular formula is C17H22N2O4. The van der Waals surface area contributed by atoms with Gasteiger partial charge in [-0.05, 0) is 25.5 Å². The topological polar surface area (TPSA) is 75.7 Å². The second-order valence-corrected chi connectivity index (χ2v) is 5.73. The van der Waals surface area contributed by atoms with Gasteiger partial charge >= 0.3 is 5.97 Å². The first-order valence-electron chi connectivity index (χ1n) is 7.75. The molecule has 2 rings (SSSR count). The first kappa shape index (κ1) is 17.0. The number of methoxy groups -OCH3 is 1. The van der Waals surface area contributed by atoms with Crippen LogP contribution < -0.4 is 5.32 Å². The van der Waals surface area contributed by atoms with Crippen molar-refractivity contribution in [3.63, 3.8) is 0 Å². The van der Waals surface area contributed by atoms with Crippen molar-refractivity contribution in [3.05, 3.63) is 29.8 Å². The molecule has 6 nitrogen and oxygen atoms in total. The van der Waals surface area contributed by atoms with Crippen molar-refractivity contribution in [1.82, 2.24) is 4.90 Å². The Bertz CT molecular complexity index is 614. The summed E-state index contributed by atoms with van der Waals surface area (Å²) < 4.78 is 4.71. The molecule has 2 amide bonds. The Morgan fingerprint density at radius 1 is 1.39 bits per heavy atom. The van der Waals surface area contributed by atoms with Gasteiger partial charge in [0, 0.05) is 19.0 Å². The SMILES string of the molecule is CCC(C)N1CC(C(=O)Nc2ccccc2C(=O)OC)CC1=O. The summed E-state index contributed by atoms with van der Waals surface area (Å²) >= 11 is 0. The highest BCUT2D eigenvalue weighted by molar-refractivity contribution is 6.03. The fourth-order valence-corrected chi connectivity index (χ4v) is 2.67. The Balaban J connectivity index is 2.09. The van der Waals surface area contributed by atoms with Crippen molar-refractivity contribution >= 4 is 23.5 Å². The maximum absolute atomic E-state index is 12.4. The molecule has 1 fully saturated rings. The van der Waals surface area contributed by atoms with E-state index in [0.717, 1.165) is 6.42 Å². The van der Waals surface area contributed by atoms with Crippen LogP contribution in [0.5, 0.6) is 0 Å². The number of nitrogens with zero attached hydrogens (tertiary/aromatic N) is 1. The predicted molar refractivity (Wildman–Crippen MR) is 86.0 cm³/mol. The predicted octanol–water partition coefficient (Wildman–Crippen LogP) is 2.06. The number of hydrogen-bond acceptors (Lipinski definition) is 4. The molecule has 0 aliphatic carbocycles. The van der Waals surface area contributed by atoms with Crippen LogP contribution in [0, 0.1) is 5.92 Å². The zero-order valence-corrected chi connectivity index (χ0v) is 13.7. The fraction of sp³-hybridized carbons (Fsp3) is 0.471. The Morgan fingerprint density at radius 2 is 2.09 bits per heavy atom. The van der Waals surface area contributed by atoms with Crippen LogP contribution in [-0.2, 0) is 14.3 Å². The monoisotopic (exact) mass is 318 g/mol. The molecule has 2 unspecified atom stereocenters. The van der Waals surface area contributed by atoms with Crippen LogP contribution in [0.2, 0.25) is 0 Å². The summed E-state index contributed by atoms with van der Waals surface area (Å²) in [4.78, 5) is 38.0. The van der Waals surface area contributed by atoms with E-state index in [0.29, 0.717) is 17.8 Å². The molecule has 1 N–H and O–H groups in total. The molecule has 6 heteroatoms. The maximum atomic E-state index is 12.4. The van der Waals surface area contributed by atoms with E-state index >= 15 is 0 Å². The number of rotatable bonds is 5. The molecule has 1 aliphatic heterocycles. The standard InChI is InChI=1S/C17H22N2O4/c1-4-11(2)19-10-12(9-15(19)20)16(21)18-14-8-6-5-7-13(14)17(22)23-3/h5-8,11-12H,4,9-10H2,1-3H3,(H,18,21). The number of anilines is 1. The summed E-state index contributed by atoms with van der Waals surface area (Å²) in [5.74, 6) is -1.16. The zero-order chi connectivity index (χ0) is 17.0. The minimum absolute atomic E-state index is 0.000697. The molecule has 1 aromatic carbocycles. The van der Waals surface area contributed by atoms with Crippen LogP contribution in [0.1, 0.15) is 37.0 Å². The van der Waals surface area contributed by atoms with Crippen LogP contribution in [0.4, 0.5) is 5.69 Å². The van der Waals surface area contributed by atoms with Crippen molar-refractivity contribution in [2.45, 2.75) is 32.7 Å². The van der Waals surface area contributed by atoms with E-state index in [2.05, 4.69) is 5.32 Å². The van der Waals surface area contributed by atoms with Crippen LogP contribution in [0.15, 0.2) is 24.3 Å². The van der Waals surface area contributed by atoms with Gasteiger partial charge in [-0.15, -0.1) is 0 Å². The first-order valence-corrected chi connectivity index (χ1v) is 7.75. The maximum Gasteiger partial charge on any atom is 0.339 e. The summed E-state index contributed by atoms with van der Waals surface area (Å²) in [7, 11) is 1.29. The number of ether oxygens (including phenoxy) is 1. The van der Waals surface area contributed by atoms with Gasteiger partial charge in [-0.3, -0.25) is 9.59 Å². The third kappa shape index (κ3) is 3.70. The molecule has 0 bridgehead atoms. The zero-order valence-electron chi connectivity index (χ0n) is 13.7. The molecule has 1 aliphatic rings. The number of amides is 2. The van der Waals surface area contributed by atoms with E-state index in [9.17, 15) is 14.4 Å². The van der Waals surface area contributed by atoms with Gasteiger partial charge in [-0.1, -0.05) is 19.1 Å². The molecule has 0 radical (unpaired) electrons. The second kappa shape index (κ2) is 7.26. The number of benzene rings is 1. The average molecular weight is 318 g/mol. The van der Waals surface area contributed by atoms with Crippen molar-refractivity contribution in [2.24, 2.45) is 5.92 Å². The molecular weight excluding hydrogens is 296 g/mol. The number of carbonyl (C=O) groups is 3. The Kier molecular flexibility index (Phi) is 5.36. The number of likely N-dealkylation sites (tertiary alicyclic amines) is 1. The lowest BCUT2D eigenvalue weighted by Gasteiger charge is -2.23. The number of carbonyl (C=O) groups excluding carboxylic acids is 3. The first-order chi connectivity index (χ1) is 11.0. The minimum Gasteiger partial charge on any atom is -0.465 e. The largest absolute Gasteiger partial charge is 0.465 e.